The number of nitriles is 1. The summed E-state index contributed by atoms with van der Waals surface area (Å²) >= 11 is 5.27. The third-order valence-electron chi connectivity index (χ3n) is 2.69. The van der Waals surface area contributed by atoms with Crippen molar-refractivity contribution in [2.75, 3.05) is 0 Å². The number of hydrogen-bond acceptors (Lipinski definition) is 2. The molecule has 0 unspecified atom stereocenters. The normalized spacial score (nSPS) is 10.3. The summed E-state index contributed by atoms with van der Waals surface area (Å²) in [5, 5.41) is 8.76. The molecule has 0 saturated carbocycles. The number of carbonyl (C=O) groups excluding carboxylic acids is 1. The van der Waals surface area contributed by atoms with Crippen LogP contribution >= 0.6 is 11.6 Å². The molecule has 0 aliphatic heterocycles. The van der Waals surface area contributed by atoms with E-state index in [0.717, 1.165) is 11.1 Å². The molecule has 0 heterocycles. The Labute approximate surface area is 116 Å². The summed E-state index contributed by atoms with van der Waals surface area (Å²) in [6.07, 6.45) is 2.80. The molecule has 0 amide bonds. The third kappa shape index (κ3) is 3.09. The zero-order chi connectivity index (χ0) is 13.7. The van der Waals surface area contributed by atoms with Gasteiger partial charge in [-0.3, -0.25) is 4.79 Å². The van der Waals surface area contributed by atoms with Crippen LogP contribution < -0.4 is 0 Å². The molecular formula is C16H10ClNO. The lowest BCUT2D eigenvalue weighted by Gasteiger charge is -2.06. The van der Waals surface area contributed by atoms with Crippen LogP contribution in [0.3, 0.4) is 0 Å². The molecule has 2 rings (SSSR count). The number of nitrogens with zero attached hydrogens (tertiary/aromatic N) is 1. The Morgan fingerprint density at radius 3 is 2.47 bits per heavy atom. The molecule has 0 fully saturated rings. The Balaban J connectivity index is 2.56. The largest absolute Gasteiger partial charge is 0.276 e. The Hall–Kier alpha value is -2.37. The number of rotatable bonds is 3. The first kappa shape index (κ1) is 13.1. The van der Waals surface area contributed by atoms with Crippen molar-refractivity contribution in [1.82, 2.24) is 0 Å². The predicted octanol–water partition coefficient (Wildman–Crippen LogP) is 4.00. The van der Waals surface area contributed by atoms with Crippen LogP contribution in [0.4, 0.5) is 0 Å². The number of hydrogen-bond donors (Lipinski definition) is 0. The van der Waals surface area contributed by atoms with Crippen LogP contribution in [0.2, 0.25) is 0 Å². The van der Waals surface area contributed by atoms with E-state index in [-0.39, 0.29) is 0 Å². The highest BCUT2D eigenvalue weighted by atomic mass is 35.5. The lowest BCUT2D eigenvalue weighted by molar-refractivity contribution is -0.107. The second-order valence-corrected chi connectivity index (χ2v) is 4.26. The van der Waals surface area contributed by atoms with Crippen LogP contribution in [0.25, 0.3) is 17.2 Å². The Morgan fingerprint density at radius 2 is 1.84 bits per heavy atom. The molecule has 0 atom stereocenters. The highest BCUT2D eigenvalue weighted by Crippen LogP contribution is 2.26. The van der Waals surface area contributed by atoms with Gasteiger partial charge in [0.15, 0.2) is 0 Å². The molecule has 92 valence electrons. The molecule has 0 saturated heterocycles. The zero-order valence-electron chi connectivity index (χ0n) is 10.0. The average Bonchev–Trinajstić information content (AvgIpc) is 2.45. The molecule has 2 nitrogen and oxygen atoms in total. The van der Waals surface area contributed by atoms with Gasteiger partial charge >= 0.3 is 0 Å². The molecule has 0 radical (unpaired) electrons. The zero-order valence-corrected chi connectivity index (χ0v) is 10.8. The summed E-state index contributed by atoms with van der Waals surface area (Å²) in [7, 11) is 0. The Kier molecular flexibility index (Phi) is 4.12. The first-order valence-corrected chi connectivity index (χ1v) is 6.06. The van der Waals surface area contributed by atoms with Gasteiger partial charge in [0.1, 0.15) is 6.07 Å². The minimum Gasteiger partial charge on any atom is -0.276 e. The molecule has 2 aromatic carbocycles. The monoisotopic (exact) mass is 267 g/mol. The molecule has 3 heteroatoms. The second kappa shape index (κ2) is 5.99. The van der Waals surface area contributed by atoms with Crippen molar-refractivity contribution in [3.63, 3.8) is 0 Å². The molecule has 19 heavy (non-hydrogen) atoms. The number of benzene rings is 2. The van der Waals surface area contributed by atoms with E-state index in [0.29, 0.717) is 11.1 Å². The van der Waals surface area contributed by atoms with Gasteiger partial charge in [-0.25, -0.2) is 0 Å². The summed E-state index contributed by atoms with van der Waals surface area (Å²) in [5.74, 6) is 0. The fourth-order valence-electron chi connectivity index (χ4n) is 1.85. The molecule has 0 aromatic heterocycles. The van der Waals surface area contributed by atoms with Gasteiger partial charge in [0, 0.05) is 5.56 Å². The van der Waals surface area contributed by atoms with Crippen molar-refractivity contribution >= 4 is 22.9 Å². The molecule has 0 bridgehead atoms. The highest BCUT2D eigenvalue weighted by Gasteiger charge is 2.07. The van der Waals surface area contributed by atoms with E-state index < -0.39 is 5.24 Å². The summed E-state index contributed by atoms with van der Waals surface area (Å²) in [4.78, 5) is 10.8. The highest BCUT2D eigenvalue weighted by molar-refractivity contribution is 6.66. The number of allylic oxidation sites excluding steroid dienone is 1. The van der Waals surface area contributed by atoms with E-state index >= 15 is 0 Å². The van der Waals surface area contributed by atoms with Gasteiger partial charge in [-0.2, -0.15) is 5.26 Å². The van der Waals surface area contributed by atoms with Crippen molar-refractivity contribution < 1.29 is 4.79 Å². The van der Waals surface area contributed by atoms with Gasteiger partial charge in [-0.1, -0.05) is 48.5 Å². The number of halogens is 1. The quantitative estimate of drug-likeness (QED) is 0.623. The van der Waals surface area contributed by atoms with Gasteiger partial charge in [0.05, 0.1) is 5.56 Å². The van der Waals surface area contributed by atoms with Crippen LogP contribution in [0.5, 0.6) is 0 Å². The lowest BCUT2D eigenvalue weighted by Crippen LogP contribution is -1.89. The van der Waals surface area contributed by atoms with Gasteiger partial charge in [-0.15, -0.1) is 0 Å². The third-order valence-corrected chi connectivity index (χ3v) is 2.81. The van der Waals surface area contributed by atoms with Crippen LogP contribution in [0, 0.1) is 11.3 Å². The average molecular weight is 268 g/mol. The first-order valence-electron chi connectivity index (χ1n) is 5.68. The van der Waals surface area contributed by atoms with E-state index in [1.54, 1.807) is 12.1 Å². The fraction of sp³-hybridized carbons (Fsp3) is 0. The van der Waals surface area contributed by atoms with E-state index in [9.17, 15) is 10.1 Å². The van der Waals surface area contributed by atoms with Crippen molar-refractivity contribution in [2.45, 2.75) is 0 Å². The van der Waals surface area contributed by atoms with Crippen molar-refractivity contribution in [2.24, 2.45) is 0 Å². The molecule has 2 aromatic rings. The summed E-state index contributed by atoms with van der Waals surface area (Å²) < 4.78 is 0. The molecular weight excluding hydrogens is 258 g/mol. The fourth-order valence-corrected chi connectivity index (χ4v) is 1.91. The maximum Gasteiger partial charge on any atom is 0.245 e. The molecule has 0 spiro atoms. The minimum absolute atomic E-state index is 0.530. The first-order chi connectivity index (χ1) is 9.22. The van der Waals surface area contributed by atoms with E-state index in [4.69, 9.17) is 11.6 Å². The van der Waals surface area contributed by atoms with Gasteiger partial charge in [0.25, 0.3) is 0 Å². The van der Waals surface area contributed by atoms with E-state index in [1.807, 2.05) is 42.5 Å². The smallest absolute Gasteiger partial charge is 0.245 e. The van der Waals surface area contributed by atoms with Gasteiger partial charge in [-0.05, 0) is 34.9 Å². The van der Waals surface area contributed by atoms with Crippen molar-refractivity contribution in [3.05, 3.63) is 65.7 Å². The molecule has 0 aliphatic rings. The van der Waals surface area contributed by atoms with E-state index in [2.05, 4.69) is 6.07 Å². The topological polar surface area (TPSA) is 40.9 Å². The standard InChI is InChI=1S/C16H10ClNO/c17-16(19)10-9-13-7-4-8-14(15(13)11-18)12-5-2-1-3-6-12/h1-10H. The van der Waals surface area contributed by atoms with Gasteiger partial charge in [0.2, 0.25) is 5.24 Å². The summed E-state index contributed by atoms with van der Waals surface area (Å²) in [6, 6.07) is 17.3. The summed E-state index contributed by atoms with van der Waals surface area (Å²) in [6.45, 7) is 0. The van der Waals surface area contributed by atoms with Crippen molar-refractivity contribution in [1.29, 1.82) is 5.26 Å². The Morgan fingerprint density at radius 1 is 1.11 bits per heavy atom. The van der Waals surface area contributed by atoms with Crippen LogP contribution in [-0.4, -0.2) is 5.24 Å². The SMILES string of the molecule is N#Cc1c(C=CC(=O)Cl)cccc1-c1ccccc1. The second-order valence-electron chi connectivity index (χ2n) is 3.89. The summed E-state index contributed by atoms with van der Waals surface area (Å²) in [5.41, 5.74) is 3.01. The van der Waals surface area contributed by atoms with E-state index in [1.165, 1.54) is 6.08 Å². The Bertz CT molecular complexity index is 669. The molecule has 0 N–H and O–H groups in total. The number of carbonyl (C=O) groups is 1. The maximum absolute atomic E-state index is 10.8. The predicted molar refractivity (Wildman–Crippen MR) is 76.5 cm³/mol. The van der Waals surface area contributed by atoms with Crippen molar-refractivity contribution in [3.8, 4) is 17.2 Å². The van der Waals surface area contributed by atoms with Crippen LogP contribution in [-0.2, 0) is 4.79 Å². The molecule has 0 aliphatic carbocycles. The minimum atomic E-state index is -0.561. The van der Waals surface area contributed by atoms with Crippen LogP contribution in [0.1, 0.15) is 11.1 Å². The lowest BCUT2D eigenvalue weighted by atomic mass is 9.96. The van der Waals surface area contributed by atoms with Crippen LogP contribution in [0.15, 0.2) is 54.6 Å². The maximum atomic E-state index is 10.8. The van der Waals surface area contributed by atoms with Gasteiger partial charge < -0.3 is 0 Å².